The third kappa shape index (κ3) is 6.47. The molecular weight excluding hydrogens is 230 g/mol. The minimum Gasteiger partial charge on any atom is -0.409 e. The van der Waals surface area contributed by atoms with Crippen LogP contribution in [-0.4, -0.2) is 23.0 Å². The summed E-state index contributed by atoms with van der Waals surface area (Å²) in [5.41, 5.74) is 5.54. The first kappa shape index (κ1) is 16.7. The summed E-state index contributed by atoms with van der Waals surface area (Å²) in [7, 11) is 0. The Morgan fingerprint density at radius 2 is 1.89 bits per heavy atom. The highest BCUT2D eigenvalue weighted by atomic mass is 16.4. The summed E-state index contributed by atoms with van der Waals surface area (Å²) in [5, 5.41) is 14.5. The lowest BCUT2D eigenvalue weighted by atomic mass is 10.00. The number of rotatable bonds is 8. The predicted molar refractivity (Wildman–Crippen MR) is 73.5 cm³/mol. The van der Waals surface area contributed by atoms with Crippen LogP contribution >= 0.6 is 0 Å². The second-order valence-electron chi connectivity index (χ2n) is 5.25. The second-order valence-corrected chi connectivity index (χ2v) is 5.25. The van der Waals surface area contributed by atoms with Crippen molar-refractivity contribution in [2.45, 2.75) is 59.4 Å². The maximum Gasteiger partial charge on any atom is 0.231 e. The number of nitrogens with one attached hydrogen (secondary N) is 1. The fourth-order valence-corrected chi connectivity index (χ4v) is 1.77. The van der Waals surface area contributed by atoms with Gasteiger partial charge in [0.1, 0.15) is 0 Å². The van der Waals surface area contributed by atoms with E-state index in [1.807, 2.05) is 13.8 Å². The van der Waals surface area contributed by atoms with Crippen LogP contribution in [0, 0.1) is 11.8 Å². The van der Waals surface area contributed by atoms with Crippen LogP contribution in [0.25, 0.3) is 0 Å². The monoisotopic (exact) mass is 257 g/mol. The van der Waals surface area contributed by atoms with Gasteiger partial charge in [-0.05, 0) is 32.1 Å². The fraction of sp³-hybridized carbons (Fsp3) is 0.846. The van der Waals surface area contributed by atoms with Gasteiger partial charge in [0, 0.05) is 6.04 Å². The highest BCUT2D eigenvalue weighted by molar-refractivity contribution is 6.02. The Bertz CT molecular complexity index is 277. The lowest BCUT2D eigenvalue weighted by Gasteiger charge is -2.19. The highest BCUT2D eigenvalue weighted by Gasteiger charge is 2.23. The van der Waals surface area contributed by atoms with Crippen LogP contribution in [0.5, 0.6) is 0 Å². The van der Waals surface area contributed by atoms with Crippen LogP contribution in [0.2, 0.25) is 0 Å². The third-order valence-electron chi connectivity index (χ3n) is 2.93. The van der Waals surface area contributed by atoms with E-state index >= 15 is 0 Å². The zero-order chi connectivity index (χ0) is 14.1. The van der Waals surface area contributed by atoms with Crippen molar-refractivity contribution in [1.82, 2.24) is 5.32 Å². The minimum absolute atomic E-state index is 0.00888. The van der Waals surface area contributed by atoms with E-state index in [0.717, 1.165) is 19.3 Å². The summed E-state index contributed by atoms with van der Waals surface area (Å²) in [6.07, 6.45) is 3.43. The number of hydrogen-bond donors (Lipinski definition) is 3. The smallest absolute Gasteiger partial charge is 0.231 e. The molecule has 0 aromatic carbocycles. The van der Waals surface area contributed by atoms with Crippen LogP contribution in [0.3, 0.4) is 0 Å². The Morgan fingerprint density at radius 3 is 2.33 bits per heavy atom. The van der Waals surface area contributed by atoms with Gasteiger partial charge in [0.2, 0.25) is 5.91 Å². The lowest BCUT2D eigenvalue weighted by molar-refractivity contribution is -0.123. The lowest BCUT2D eigenvalue weighted by Crippen LogP contribution is -2.42. The Balaban J connectivity index is 4.33. The Hall–Kier alpha value is -1.26. The number of carbonyl (C=O) groups is 1. The van der Waals surface area contributed by atoms with Gasteiger partial charge < -0.3 is 16.3 Å². The number of amides is 1. The molecule has 0 heterocycles. The van der Waals surface area contributed by atoms with Gasteiger partial charge in [-0.25, -0.2) is 0 Å². The first-order valence-electron chi connectivity index (χ1n) is 6.70. The van der Waals surface area contributed by atoms with Crippen LogP contribution in [0.1, 0.15) is 53.4 Å². The van der Waals surface area contributed by atoms with Gasteiger partial charge in [0.05, 0.1) is 5.92 Å². The number of nitrogens with two attached hydrogens (primary N) is 1. The molecule has 0 spiro atoms. The fourth-order valence-electron chi connectivity index (χ4n) is 1.77. The largest absolute Gasteiger partial charge is 0.409 e. The predicted octanol–water partition coefficient (Wildman–Crippen LogP) is 2.09. The van der Waals surface area contributed by atoms with Gasteiger partial charge in [0.15, 0.2) is 5.84 Å². The van der Waals surface area contributed by atoms with E-state index in [9.17, 15) is 4.79 Å². The number of oxime groups is 1. The molecule has 0 rings (SSSR count). The highest BCUT2D eigenvalue weighted by Crippen LogP contribution is 2.10. The van der Waals surface area contributed by atoms with Crippen LogP contribution < -0.4 is 11.1 Å². The average Bonchev–Trinajstić information content (AvgIpc) is 2.32. The van der Waals surface area contributed by atoms with E-state index in [1.165, 1.54) is 0 Å². The normalized spacial score (nSPS) is 15.5. The summed E-state index contributed by atoms with van der Waals surface area (Å²) in [5.74, 6) is -0.0600. The molecule has 0 radical (unpaired) electrons. The molecule has 0 fully saturated rings. The topological polar surface area (TPSA) is 87.7 Å². The van der Waals surface area contributed by atoms with Crippen molar-refractivity contribution in [2.24, 2.45) is 22.7 Å². The van der Waals surface area contributed by atoms with E-state index in [1.54, 1.807) is 0 Å². The summed E-state index contributed by atoms with van der Waals surface area (Å²) >= 11 is 0. The Kier molecular flexibility index (Phi) is 8.16. The van der Waals surface area contributed by atoms with Crippen molar-refractivity contribution in [3.05, 3.63) is 0 Å². The van der Waals surface area contributed by atoms with Gasteiger partial charge in [-0.3, -0.25) is 4.79 Å². The Labute approximate surface area is 110 Å². The molecule has 4 N–H and O–H groups in total. The quantitative estimate of drug-likeness (QED) is 0.269. The molecule has 0 bridgehead atoms. The van der Waals surface area contributed by atoms with E-state index in [-0.39, 0.29) is 17.8 Å². The first-order valence-corrected chi connectivity index (χ1v) is 6.70. The van der Waals surface area contributed by atoms with E-state index in [0.29, 0.717) is 12.3 Å². The molecule has 0 aliphatic rings. The molecular formula is C13H27N3O2. The average molecular weight is 257 g/mol. The first-order chi connectivity index (χ1) is 8.42. The van der Waals surface area contributed by atoms with Gasteiger partial charge in [-0.1, -0.05) is 32.3 Å². The summed E-state index contributed by atoms with van der Waals surface area (Å²) in [6.45, 7) is 8.26. The second kappa shape index (κ2) is 8.78. The molecule has 0 saturated carbocycles. The van der Waals surface area contributed by atoms with Gasteiger partial charge in [0.25, 0.3) is 0 Å². The standard InChI is InChI=1S/C13H27N3O2/c1-5-6-11(12(14)16-18)13(17)15-10(4)8-7-9(2)3/h9-11,18H,5-8H2,1-4H3,(H2,14,16)(H,15,17). The Morgan fingerprint density at radius 1 is 1.28 bits per heavy atom. The van der Waals surface area contributed by atoms with E-state index < -0.39 is 5.92 Å². The summed E-state index contributed by atoms with van der Waals surface area (Å²) in [4.78, 5) is 12.0. The molecule has 0 aliphatic carbocycles. The molecule has 0 aromatic heterocycles. The molecule has 106 valence electrons. The summed E-state index contributed by atoms with van der Waals surface area (Å²) in [6, 6.07) is 0.116. The zero-order valence-electron chi connectivity index (χ0n) is 11.9. The molecule has 5 heteroatoms. The zero-order valence-corrected chi connectivity index (χ0v) is 11.9. The molecule has 1 amide bonds. The van der Waals surface area contributed by atoms with Gasteiger partial charge >= 0.3 is 0 Å². The van der Waals surface area contributed by atoms with Crippen LogP contribution in [-0.2, 0) is 4.79 Å². The van der Waals surface area contributed by atoms with Gasteiger partial charge in [-0.2, -0.15) is 0 Å². The van der Waals surface area contributed by atoms with Crippen molar-refractivity contribution in [3.8, 4) is 0 Å². The molecule has 0 aromatic rings. The van der Waals surface area contributed by atoms with Gasteiger partial charge in [-0.15, -0.1) is 0 Å². The van der Waals surface area contributed by atoms with Crippen molar-refractivity contribution in [1.29, 1.82) is 0 Å². The number of nitrogens with zero attached hydrogens (tertiary/aromatic N) is 1. The number of carbonyl (C=O) groups excluding carboxylic acids is 1. The maximum atomic E-state index is 12.0. The molecule has 18 heavy (non-hydrogen) atoms. The van der Waals surface area contributed by atoms with Crippen molar-refractivity contribution in [2.75, 3.05) is 0 Å². The van der Waals surface area contributed by atoms with Crippen molar-refractivity contribution >= 4 is 11.7 Å². The van der Waals surface area contributed by atoms with Crippen molar-refractivity contribution in [3.63, 3.8) is 0 Å². The minimum atomic E-state index is -0.526. The number of hydrogen-bond acceptors (Lipinski definition) is 3. The van der Waals surface area contributed by atoms with E-state index in [2.05, 4.69) is 24.3 Å². The number of amidine groups is 1. The summed E-state index contributed by atoms with van der Waals surface area (Å²) < 4.78 is 0. The van der Waals surface area contributed by atoms with Crippen LogP contribution in [0.4, 0.5) is 0 Å². The molecule has 0 aliphatic heterocycles. The molecule has 2 atom stereocenters. The molecule has 5 nitrogen and oxygen atoms in total. The maximum absolute atomic E-state index is 12.0. The third-order valence-corrected chi connectivity index (χ3v) is 2.93. The van der Waals surface area contributed by atoms with E-state index in [4.69, 9.17) is 10.9 Å². The molecule has 0 saturated heterocycles. The van der Waals surface area contributed by atoms with Crippen molar-refractivity contribution < 1.29 is 10.0 Å². The SMILES string of the molecule is CCCC(C(=O)NC(C)CCC(C)C)C(N)=NO. The van der Waals surface area contributed by atoms with Crippen LogP contribution in [0.15, 0.2) is 5.16 Å². The molecule has 2 unspecified atom stereocenters.